The number of hydrogen-bond acceptors (Lipinski definition) is 6. The number of nitrogens with zero attached hydrogens (tertiary/aromatic N) is 2. The largest absolute Gasteiger partial charge is 0.493 e. The Kier molecular flexibility index (Phi) is 5.91. The first-order valence-electron chi connectivity index (χ1n) is 8.90. The van der Waals surface area contributed by atoms with Gasteiger partial charge in [0, 0.05) is 5.69 Å². The average molecular weight is 385 g/mol. The van der Waals surface area contributed by atoms with E-state index in [0.29, 0.717) is 35.6 Å². The SMILES string of the molecule is CCOc1ncnc2sc(C(=O)Nc3ccc(OCC(C)C)cc3)c(C)c12. The lowest BCUT2D eigenvalue weighted by atomic mass is 10.2. The molecule has 6 nitrogen and oxygen atoms in total. The van der Waals surface area contributed by atoms with E-state index in [2.05, 4.69) is 29.1 Å². The number of carbonyl (C=O) groups is 1. The highest BCUT2D eigenvalue weighted by molar-refractivity contribution is 7.20. The minimum Gasteiger partial charge on any atom is -0.493 e. The van der Waals surface area contributed by atoms with Gasteiger partial charge in [-0.2, -0.15) is 0 Å². The fraction of sp³-hybridized carbons (Fsp3) is 0.350. The number of aromatic nitrogens is 2. The highest BCUT2D eigenvalue weighted by Crippen LogP contribution is 2.34. The Morgan fingerprint density at radius 1 is 1.19 bits per heavy atom. The molecule has 0 bridgehead atoms. The van der Waals surface area contributed by atoms with E-state index in [-0.39, 0.29) is 5.91 Å². The van der Waals surface area contributed by atoms with Gasteiger partial charge < -0.3 is 14.8 Å². The van der Waals surface area contributed by atoms with Gasteiger partial charge in [-0.25, -0.2) is 9.97 Å². The van der Waals surface area contributed by atoms with Crippen molar-refractivity contribution in [1.29, 1.82) is 0 Å². The molecule has 1 N–H and O–H groups in total. The van der Waals surface area contributed by atoms with E-state index in [9.17, 15) is 4.79 Å². The third kappa shape index (κ3) is 4.36. The molecule has 0 aliphatic rings. The summed E-state index contributed by atoms with van der Waals surface area (Å²) in [6.07, 6.45) is 1.46. The molecule has 0 unspecified atom stereocenters. The van der Waals surface area contributed by atoms with Crippen molar-refractivity contribution in [3.05, 3.63) is 41.0 Å². The Morgan fingerprint density at radius 3 is 2.59 bits per heavy atom. The number of hydrogen-bond donors (Lipinski definition) is 1. The van der Waals surface area contributed by atoms with Crippen LogP contribution in [0.1, 0.15) is 36.0 Å². The summed E-state index contributed by atoms with van der Waals surface area (Å²) in [6.45, 7) is 9.16. The van der Waals surface area contributed by atoms with Gasteiger partial charge in [0.15, 0.2) is 0 Å². The number of amides is 1. The second kappa shape index (κ2) is 8.35. The first kappa shape index (κ1) is 19.1. The van der Waals surface area contributed by atoms with Crippen molar-refractivity contribution in [3.8, 4) is 11.6 Å². The molecule has 0 fully saturated rings. The van der Waals surface area contributed by atoms with Gasteiger partial charge in [0.1, 0.15) is 16.9 Å². The minimum atomic E-state index is -0.172. The summed E-state index contributed by atoms with van der Waals surface area (Å²) < 4.78 is 11.2. The van der Waals surface area contributed by atoms with Gasteiger partial charge in [0.25, 0.3) is 5.91 Å². The van der Waals surface area contributed by atoms with Crippen LogP contribution in [0.25, 0.3) is 10.2 Å². The van der Waals surface area contributed by atoms with E-state index in [1.165, 1.54) is 17.7 Å². The quantitative estimate of drug-likeness (QED) is 0.639. The van der Waals surface area contributed by atoms with Gasteiger partial charge in [-0.1, -0.05) is 13.8 Å². The molecular formula is C20H23N3O3S. The van der Waals surface area contributed by atoms with E-state index in [4.69, 9.17) is 9.47 Å². The van der Waals surface area contributed by atoms with Gasteiger partial charge in [-0.3, -0.25) is 4.79 Å². The zero-order valence-electron chi connectivity index (χ0n) is 15.9. The molecule has 0 aliphatic heterocycles. The van der Waals surface area contributed by atoms with E-state index >= 15 is 0 Å². The van der Waals surface area contributed by atoms with Crippen LogP contribution in [0.4, 0.5) is 5.69 Å². The first-order chi connectivity index (χ1) is 13.0. The van der Waals surface area contributed by atoms with E-state index in [1.54, 1.807) is 0 Å². The molecule has 27 heavy (non-hydrogen) atoms. The van der Waals surface area contributed by atoms with E-state index < -0.39 is 0 Å². The van der Waals surface area contributed by atoms with Gasteiger partial charge in [0.05, 0.1) is 23.5 Å². The fourth-order valence-corrected chi connectivity index (χ4v) is 3.62. The number of rotatable bonds is 7. The molecule has 0 aliphatic carbocycles. The van der Waals surface area contributed by atoms with Gasteiger partial charge in [-0.05, 0) is 49.6 Å². The summed E-state index contributed by atoms with van der Waals surface area (Å²) in [5, 5.41) is 3.73. The number of anilines is 1. The Hall–Kier alpha value is -2.67. The second-order valence-corrected chi connectivity index (χ2v) is 7.53. The number of ether oxygens (including phenoxy) is 2. The molecule has 3 aromatic rings. The lowest BCUT2D eigenvalue weighted by molar-refractivity contribution is 0.103. The van der Waals surface area contributed by atoms with Crippen LogP contribution in [0, 0.1) is 12.8 Å². The van der Waals surface area contributed by atoms with Crippen LogP contribution in [0.15, 0.2) is 30.6 Å². The van der Waals surface area contributed by atoms with Gasteiger partial charge >= 0.3 is 0 Å². The lowest BCUT2D eigenvalue weighted by Crippen LogP contribution is -2.11. The summed E-state index contributed by atoms with van der Waals surface area (Å²) in [5.74, 6) is 1.59. The van der Waals surface area contributed by atoms with Crippen LogP contribution in [0.2, 0.25) is 0 Å². The standard InChI is InChI=1S/C20H23N3O3S/c1-5-25-19-16-13(4)17(27-20(16)22-11-21-19)18(24)23-14-6-8-15(9-7-14)26-10-12(2)3/h6-9,11-12H,5,10H2,1-4H3,(H,23,24). The number of benzene rings is 1. The molecule has 0 radical (unpaired) electrons. The summed E-state index contributed by atoms with van der Waals surface area (Å²) in [7, 11) is 0. The Balaban J connectivity index is 1.78. The van der Waals surface area contributed by atoms with Crippen molar-refractivity contribution in [1.82, 2.24) is 9.97 Å². The fourth-order valence-electron chi connectivity index (χ4n) is 2.59. The Morgan fingerprint density at radius 2 is 1.93 bits per heavy atom. The second-order valence-electron chi connectivity index (χ2n) is 6.53. The minimum absolute atomic E-state index is 0.172. The number of aryl methyl sites for hydroxylation is 1. The smallest absolute Gasteiger partial charge is 0.266 e. The molecule has 2 aromatic heterocycles. The zero-order chi connectivity index (χ0) is 19.4. The summed E-state index contributed by atoms with van der Waals surface area (Å²) in [5.41, 5.74) is 1.54. The van der Waals surface area contributed by atoms with Crippen molar-refractivity contribution in [2.45, 2.75) is 27.7 Å². The topological polar surface area (TPSA) is 73.3 Å². The Bertz CT molecular complexity index is 936. The third-order valence-corrected chi connectivity index (χ3v) is 5.07. The maximum absolute atomic E-state index is 12.8. The molecule has 0 atom stereocenters. The molecule has 3 rings (SSSR count). The van der Waals surface area contributed by atoms with Crippen molar-refractivity contribution >= 4 is 33.1 Å². The first-order valence-corrected chi connectivity index (χ1v) is 9.72. The highest BCUT2D eigenvalue weighted by Gasteiger charge is 2.20. The van der Waals surface area contributed by atoms with Crippen molar-refractivity contribution < 1.29 is 14.3 Å². The molecule has 0 saturated carbocycles. The predicted molar refractivity (Wildman–Crippen MR) is 108 cm³/mol. The molecule has 2 heterocycles. The third-order valence-electron chi connectivity index (χ3n) is 3.87. The maximum Gasteiger partial charge on any atom is 0.266 e. The lowest BCUT2D eigenvalue weighted by Gasteiger charge is -2.10. The summed E-state index contributed by atoms with van der Waals surface area (Å²) >= 11 is 1.34. The van der Waals surface area contributed by atoms with Gasteiger partial charge in [-0.15, -0.1) is 11.3 Å². The molecule has 7 heteroatoms. The molecule has 1 amide bonds. The van der Waals surface area contributed by atoms with Gasteiger partial charge in [0.2, 0.25) is 5.88 Å². The summed E-state index contributed by atoms with van der Waals surface area (Å²) in [4.78, 5) is 22.6. The molecule has 1 aromatic carbocycles. The maximum atomic E-state index is 12.8. The monoisotopic (exact) mass is 385 g/mol. The number of thiophene rings is 1. The predicted octanol–water partition coefficient (Wildman–Crippen LogP) is 4.69. The van der Waals surface area contributed by atoms with Crippen molar-refractivity contribution in [2.75, 3.05) is 18.5 Å². The van der Waals surface area contributed by atoms with Crippen LogP contribution in [0.5, 0.6) is 11.6 Å². The Labute approximate surface area is 162 Å². The van der Waals surface area contributed by atoms with Crippen molar-refractivity contribution in [3.63, 3.8) is 0 Å². The summed E-state index contributed by atoms with van der Waals surface area (Å²) in [6, 6.07) is 7.38. The van der Waals surface area contributed by atoms with Crippen molar-refractivity contribution in [2.24, 2.45) is 5.92 Å². The average Bonchev–Trinajstić information content (AvgIpc) is 2.99. The van der Waals surface area contributed by atoms with Crippen LogP contribution in [-0.4, -0.2) is 29.1 Å². The number of nitrogens with one attached hydrogen (secondary N) is 1. The number of carbonyl (C=O) groups excluding carboxylic acids is 1. The van der Waals surface area contributed by atoms with Crippen LogP contribution in [-0.2, 0) is 0 Å². The van der Waals surface area contributed by atoms with Crippen LogP contribution < -0.4 is 14.8 Å². The normalized spacial score (nSPS) is 11.0. The van der Waals surface area contributed by atoms with Crippen LogP contribution >= 0.6 is 11.3 Å². The molecule has 142 valence electrons. The molecular weight excluding hydrogens is 362 g/mol. The molecule has 0 saturated heterocycles. The number of fused-ring (bicyclic) bond motifs is 1. The molecule has 0 spiro atoms. The van der Waals surface area contributed by atoms with E-state index in [1.807, 2.05) is 38.1 Å². The van der Waals surface area contributed by atoms with Crippen LogP contribution in [0.3, 0.4) is 0 Å². The van der Waals surface area contributed by atoms with E-state index in [0.717, 1.165) is 21.5 Å². The highest BCUT2D eigenvalue weighted by atomic mass is 32.1. The zero-order valence-corrected chi connectivity index (χ0v) is 16.7.